The number of hydrogen-bond acceptors (Lipinski definition) is 3. The van der Waals surface area contributed by atoms with Crippen molar-refractivity contribution in [2.24, 2.45) is 0 Å². The summed E-state index contributed by atoms with van der Waals surface area (Å²) in [5, 5.41) is 3.24. The number of pyridine rings is 1. The Bertz CT molecular complexity index is 541. The first-order valence-electron chi connectivity index (χ1n) is 5.72. The van der Waals surface area contributed by atoms with E-state index in [1.807, 2.05) is 66.7 Å². The van der Waals surface area contributed by atoms with E-state index in [0.717, 1.165) is 11.4 Å². The van der Waals surface area contributed by atoms with Gasteiger partial charge in [-0.15, -0.1) is 0 Å². The van der Waals surface area contributed by atoms with Gasteiger partial charge in [0.25, 0.3) is 0 Å². The molecule has 0 radical (unpaired) electrons. The number of anilines is 3. The molecular formula is C15H15N3. The minimum Gasteiger partial charge on any atom is -0.382 e. The Balaban J connectivity index is 2.32. The highest BCUT2D eigenvalue weighted by atomic mass is 14.9. The van der Waals surface area contributed by atoms with Crippen LogP contribution in [0.1, 0.15) is 0 Å². The fourth-order valence-corrected chi connectivity index (χ4v) is 1.46. The van der Waals surface area contributed by atoms with Gasteiger partial charge in [-0.1, -0.05) is 42.5 Å². The minimum absolute atomic E-state index is 0.489. The molecule has 0 amide bonds. The molecule has 0 unspecified atom stereocenters. The molecule has 90 valence electrons. The van der Waals surface area contributed by atoms with Crippen molar-refractivity contribution in [3.05, 3.63) is 72.9 Å². The molecule has 2 rings (SSSR count). The highest BCUT2D eigenvalue weighted by Crippen LogP contribution is 2.19. The van der Waals surface area contributed by atoms with Crippen LogP contribution in [0.15, 0.2) is 72.9 Å². The average molecular weight is 237 g/mol. The smallest absolute Gasteiger partial charge is 0.147 e. The van der Waals surface area contributed by atoms with Crippen LogP contribution in [0.2, 0.25) is 0 Å². The van der Waals surface area contributed by atoms with Gasteiger partial charge >= 0.3 is 0 Å². The zero-order valence-corrected chi connectivity index (χ0v) is 9.95. The molecule has 0 saturated heterocycles. The number of aromatic nitrogens is 1. The average Bonchev–Trinajstić information content (AvgIpc) is 2.40. The monoisotopic (exact) mass is 237 g/mol. The topological polar surface area (TPSA) is 50.9 Å². The van der Waals surface area contributed by atoms with Gasteiger partial charge in [-0.25, -0.2) is 4.98 Å². The van der Waals surface area contributed by atoms with E-state index in [0.29, 0.717) is 5.82 Å². The molecule has 0 bridgehead atoms. The normalized spacial score (nSPS) is 9.33. The van der Waals surface area contributed by atoms with Gasteiger partial charge in [-0.2, -0.15) is 0 Å². The van der Waals surface area contributed by atoms with Gasteiger partial charge in [0.15, 0.2) is 0 Å². The summed E-state index contributed by atoms with van der Waals surface area (Å²) in [6.07, 6.45) is 1.67. The third kappa shape index (κ3) is 3.49. The van der Waals surface area contributed by atoms with Crippen LogP contribution in [0.5, 0.6) is 0 Å². The van der Waals surface area contributed by atoms with Crippen LogP contribution in [0.4, 0.5) is 17.2 Å². The summed E-state index contributed by atoms with van der Waals surface area (Å²) in [5.74, 6) is 0.489. The Morgan fingerprint density at radius 3 is 2.00 bits per heavy atom. The number of nitrogens with two attached hydrogens (primary N) is 1. The lowest BCUT2D eigenvalue weighted by molar-refractivity contribution is 1.33. The van der Waals surface area contributed by atoms with E-state index in [1.165, 1.54) is 0 Å². The Kier molecular flexibility index (Phi) is 4.14. The second kappa shape index (κ2) is 6.25. The van der Waals surface area contributed by atoms with Crippen molar-refractivity contribution in [2.45, 2.75) is 0 Å². The Labute approximate surface area is 107 Å². The molecule has 0 saturated carbocycles. The fraction of sp³-hybridized carbons (Fsp3) is 0. The summed E-state index contributed by atoms with van der Waals surface area (Å²) in [6, 6.07) is 21.5. The SMILES string of the molecule is Nc1ncccc1Nc1ccccccccc1. The van der Waals surface area contributed by atoms with Crippen LogP contribution in [0.3, 0.4) is 0 Å². The molecule has 3 nitrogen and oxygen atoms in total. The molecule has 0 aliphatic rings. The first-order valence-corrected chi connectivity index (χ1v) is 5.72. The zero-order valence-electron chi connectivity index (χ0n) is 9.95. The van der Waals surface area contributed by atoms with Crippen LogP contribution in [0, 0.1) is 0 Å². The van der Waals surface area contributed by atoms with Gasteiger partial charge in [0.1, 0.15) is 5.82 Å². The van der Waals surface area contributed by atoms with E-state index in [1.54, 1.807) is 6.20 Å². The molecule has 1 aromatic carbocycles. The molecular weight excluding hydrogens is 222 g/mol. The molecule has 3 N–H and O–H groups in total. The molecule has 3 heteroatoms. The molecule has 0 aliphatic heterocycles. The predicted octanol–water partition coefficient (Wildman–Crippen LogP) is 3.53. The zero-order chi connectivity index (χ0) is 12.6. The first kappa shape index (κ1) is 11.9. The summed E-state index contributed by atoms with van der Waals surface area (Å²) in [7, 11) is 0. The van der Waals surface area contributed by atoms with Crippen molar-refractivity contribution >= 4 is 17.2 Å². The maximum Gasteiger partial charge on any atom is 0.147 e. The van der Waals surface area contributed by atoms with E-state index in [2.05, 4.69) is 10.3 Å². The van der Waals surface area contributed by atoms with Crippen molar-refractivity contribution < 1.29 is 0 Å². The highest BCUT2D eigenvalue weighted by Gasteiger charge is 1.97. The summed E-state index contributed by atoms with van der Waals surface area (Å²) >= 11 is 0. The van der Waals surface area contributed by atoms with Crippen molar-refractivity contribution in [1.29, 1.82) is 0 Å². The third-order valence-electron chi connectivity index (χ3n) is 2.34. The van der Waals surface area contributed by atoms with Gasteiger partial charge in [0, 0.05) is 11.9 Å². The van der Waals surface area contributed by atoms with Gasteiger partial charge < -0.3 is 11.1 Å². The largest absolute Gasteiger partial charge is 0.382 e. The van der Waals surface area contributed by atoms with Gasteiger partial charge in [0.2, 0.25) is 0 Å². The second-order valence-electron chi connectivity index (χ2n) is 3.70. The van der Waals surface area contributed by atoms with Crippen molar-refractivity contribution in [2.75, 3.05) is 11.1 Å². The Hall–Kier alpha value is -2.55. The van der Waals surface area contributed by atoms with E-state index >= 15 is 0 Å². The molecule has 0 fully saturated rings. The predicted molar refractivity (Wildman–Crippen MR) is 76.0 cm³/mol. The summed E-state index contributed by atoms with van der Waals surface area (Å²) in [5.41, 5.74) is 7.55. The van der Waals surface area contributed by atoms with Gasteiger partial charge in [0.05, 0.1) is 5.69 Å². The summed E-state index contributed by atoms with van der Waals surface area (Å²) < 4.78 is 0. The quantitative estimate of drug-likeness (QED) is 0.840. The molecule has 2 aromatic rings. The van der Waals surface area contributed by atoms with Crippen LogP contribution in [-0.4, -0.2) is 4.98 Å². The molecule has 0 aliphatic carbocycles. The molecule has 0 atom stereocenters. The summed E-state index contributed by atoms with van der Waals surface area (Å²) in [4.78, 5) is 4.04. The van der Waals surface area contributed by atoms with Crippen molar-refractivity contribution in [3.63, 3.8) is 0 Å². The molecule has 1 aromatic heterocycles. The van der Waals surface area contributed by atoms with E-state index < -0.39 is 0 Å². The Morgan fingerprint density at radius 1 is 0.778 bits per heavy atom. The summed E-state index contributed by atoms with van der Waals surface area (Å²) in [6.45, 7) is 0. The highest BCUT2D eigenvalue weighted by molar-refractivity contribution is 5.68. The number of hydrogen-bond donors (Lipinski definition) is 2. The fourth-order valence-electron chi connectivity index (χ4n) is 1.46. The van der Waals surface area contributed by atoms with E-state index in [-0.39, 0.29) is 0 Å². The Morgan fingerprint density at radius 2 is 1.39 bits per heavy atom. The lowest BCUT2D eigenvalue weighted by Gasteiger charge is -2.06. The second-order valence-corrected chi connectivity index (χ2v) is 3.70. The maximum absolute atomic E-state index is 5.80. The van der Waals surface area contributed by atoms with Crippen LogP contribution >= 0.6 is 0 Å². The van der Waals surface area contributed by atoms with Crippen LogP contribution in [0.25, 0.3) is 0 Å². The third-order valence-corrected chi connectivity index (χ3v) is 2.34. The number of rotatable bonds is 2. The molecule has 1 heterocycles. The van der Waals surface area contributed by atoms with Gasteiger partial charge in [-0.05, 0) is 24.3 Å². The molecule has 0 spiro atoms. The number of nitrogens with zero attached hydrogens (tertiary/aromatic N) is 1. The van der Waals surface area contributed by atoms with E-state index in [4.69, 9.17) is 5.73 Å². The lowest BCUT2D eigenvalue weighted by atomic mass is 10.3. The number of nitrogens with one attached hydrogen (secondary N) is 1. The number of nitrogen functional groups attached to an aromatic ring is 1. The maximum atomic E-state index is 5.80. The van der Waals surface area contributed by atoms with Crippen molar-refractivity contribution in [1.82, 2.24) is 4.98 Å². The standard InChI is InChI=1S/C15H15N3/c16-15-14(11-8-12-17-15)18-13-9-6-4-2-1-3-5-7-10-13/h1-12,18H,(H2,16,17). The van der Waals surface area contributed by atoms with Crippen LogP contribution < -0.4 is 11.1 Å². The van der Waals surface area contributed by atoms with Crippen LogP contribution in [-0.2, 0) is 0 Å². The molecule has 18 heavy (non-hydrogen) atoms. The first-order chi connectivity index (χ1) is 8.86. The van der Waals surface area contributed by atoms with Crippen molar-refractivity contribution in [3.8, 4) is 0 Å². The van der Waals surface area contributed by atoms with Gasteiger partial charge in [-0.3, -0.25) is 0 Å². The van der Waals surface area contributed by atoms with E-state index in [9.17, 15) is 0 Å². The minimum atomic E-state index is 0.489. The lowest BCUT2D eigenvalue weighted by Crippen LogP contribution is -1.97.